The Labute approximate surface area is 96.2 Å². The molecule has 0 spiro atoms. The van der Waals surface area contributed by atoms with Gasteiger partial charge in [0.15, 0.2) is 5.16 Å². The van der Waals surface area contributed by atoms with Gasteiger partial charge in [-0.05, 0) is 24.8 Å². The van der Waals surface area contributed by atoms with Gasteiger partial charge in [0, 0.05) is 18.5 Å². The number of hydrogen-bond acceptors (Lipinski definition) is 5. The Morgan fingerprint density at radius 1 is 1.20 bits per heavy atom. The number of aryl methyl sites for hydroxylation is 1. The summed E-state index contributed by atoms with van der Waals surface area (Å²) in [4.78, 5) is 16.4. The molecule has 0 fully saturated rings. The highest BCUT2D eigenvalue weighted by Crippen LogP contribution is 2.23. The molecule has 0 aliphatic rings. The minimum Gasteiger partial charge on any atom is -0.231 e. The van der Waals surface area contributed by atoms with Gasteiger partial charge >= 0.3 is 0 Å². The van der Waals surface area contributed by atoms with E-state index in [1.54, 1.807) is 31.5 Å². The first kappa shape index (κ1) is 10.3. The molecule has 15 heavy (non-hydrogen) atoms. The number of hydrogen-bond donors (Lipinski definition) is 0. The lowest BCUT2D eigenvalue weighted by molar-refractivity contribution is 0.937. The van der Waals surface area contributed by atoms with Crippen molar-refractivity contribution >= 4 is 23.4 Å². The topological polar surface area (TPSA) is 51.6 Å². The third-order valence-electron chi connectivity index (χ3n) is 1.52. The minimum absolute atomic E-state index is 0.431. The maximum atomic E-state index is 5.81. The van der Waals surface area contributed by atoms with E-state index in [0.717, 1.165) is 5.03 Å². The quantitative estimate of drug-likeness (QED) is 0.594. The zero-order valence-corrected chi connectivity index (χ0v) is 9.46. The first-order chi connectivity index (χ1) is 7.24. The van der Waals surface area contributed by atoms with Crippen molar-refractivity contribution < 1.29 is 0 Å². The highest BCUT2D eigenvalue weighted by atomic mass is 35.5. The second kappa shape index (κ2) is 4.55. The summed E-state index contributed by atoms with van der Waals surface area (Å²) in [6.45, 7) is 1.79. The maximum Gasteiger partial charge on any atom is 0.193 e. The van der Waals surface area contributed by atoms with Gasteiger partial charge in [0.2, 0.25) is 0 Å². The van der Waals surface area contributed by atoms with Gasteiger partial charge in [-0.2, -0.15) is 0 Å². The molecule has 0 saturated heterocycles. The van der Waals surface area contributed by atoms with Gasteiger partial charge in [-0.1, -0.05) is 11.6 Å². The predicted octanol–water partition coefficient (Wildman–Crippen LogP) is 2.38. The lowest BCUT2D eigenvalue weighted by atomic mass is 10.6. The summed E-state index contributed by atoms with van der Waals surface area (Å²) in [5, 5.41) is 1.83. The van der Waals surface area contributed by atoms with E-state index in [1.165, 1.54) is 11.8 Å². The molecule has 2 aromatic heterocycles. The van der Waals surface area contributed by atoms with Crippen molar-refractivity contribution in [3.8, 4) is 0 Å². The largest absolute Gasteiger partial charge is 0.231 e. The van der Waals surface area contributed by atoms with Crippen LogP contribution < -0.4 is 0 Å². The van der Waals surface area contributed by atoms with E-state index in [4.69, 9.17) is 11.6 Å². The average molecular weight is 239 g/mol. The maximum absolute atomic E-state index is 5.81. The van der Waals surface area contributed by atoms with Crippen LogP contribution in [0.15, 0.2) is 34.7 Å². The molecule has 0 amide bonds. The summed E-state index contributed by atoms with van der Waals surface area (Å²) in [5.41, 5.74) is 0. The van der Waals surface area contributed by atoms with Gasteiger partial charge in [-0.15, -0.1) is 0 Å². The molecular weight excluding hydrogens is 232 g/mol. The first-order valence-electron chi connectivity index (χ1n) is 4.20. The molecule has 0 aliphatic carbocycles. The fourth-order valence-corrected chi connectivity index (χ4v) is 2.04. The Hall–Kier alpha value is -1.20. The van der Waals surface area contributed by atoms with Crippen LogP contribution in [-0.4, -0.2) is 19.9 Å². The standard InChI is InChI=1S/C9H7ClN4S/c1-6-13-7(10)5-8(14-6)15-9-11-3-2-4-12-9/h2-5H,1H3. The van der Waals surface area contributed by atoms with Crippen molar-refractivity contribution in [2.24, 2.45) is 0 Å². The van der Waals surface area contributed by atoms with Crippen molar-refractivity contribution in [1.82, 2.24) is 19.9 Å². The molecule has 2 rings (SSSR count). The van der Waals surface area contributed by atoms with Crippen LogP contribution in [0.5, 0.6) is 0 Å². The van der Waals surface area contributed by atoms with Crippen molar-refractivity contribution in [3.63, 3.8) is 0 Å². The van der Waals surface area contributed by atoms with E-state index >= 15 is 0 Å². The van der Waals surface area contributed by atoms with Gasteiger partial charge in [0.25, 0.3) is 0 Å². The lowest BCUT2D eigenvalue weighted by Crippen LogP contribution is -1.91. The summed E-state index contributed by atoms with van der Waals surface area (Å²) in [6, 6.07) is 3.46. The lowest BCUT2D eigenvalue weighted by Gasteiger charge is -2.00. The van der Waals surface area contributed by atoms with Crippen LogP contribution in [-0.2, 0) is 0 Å². The minimum atomic E-state index is 0.431. The molecule has 0 unspecified atom stereocenters. The third-order valence-corrected chi connectivity index (χ3v) is 2.53. The average Bonchev–Trinajstić information content (AvgIpc) is 2.17. The molecule has 0 bridgehead atoms. The zero-order chi connectivity index (χ0) is 10.7. The number of nitrogens with zero attached hydrogens (tertiary/aromatic N) is 4. The number of rotatable bonds is 2. The fourth-order valence-electron chi connectivity index (χ4n) is 0.989. The Kier molecular flexibility index (Phi) is 3.13. The fraction of sp³-hybridized carbons (Fsp3) is 0.111. The summed E-state index contributed by atoms with van der Waals surface area (Å²) in [5.74, 6) is 0.640. The van der Waals surface area contributed by atoms with E-state index in [9.17, 15) is 0 Å². The van der Waals surface area contributed by atoms with E-state index < -0.39 is 0 Å². The van der Waals surface area contributed by atoms with Crippen molar-refractivity contribution in [3.05, 3.63) is 35.5 Å². The predicted molar refractivity (Wildman–Crippen MR) is 57.9 cm³/mol. The monoisotopic (exact) mass is 238 g/mol. The van der Waals surface area contributed by atoms with Crippen LogP contribution in [0.2, 0.25) is 5.15 Å². The van der Waals surface area contributed by atoms with Crippen molar-refractivity contribution in [2.75, 3.05) is 0 Å². The Morgan fingerprint density at radius 2 is 1.93 bits per heavy atom. The Balaban J connectivity index is 2.25. The second-order valence-corrected chi connectivity index (χ2v) is 4.08. The molecule has 0 atom stereocenters. The second-order valence-electron chi connectivity index (χ2n) is 2.71. The van der Waals surface area contributed by atoms with Crippen LogP contribution in [0.4, 0.5) is 0 Å². The highest BCUT2D eigenvalue weighted by molar-refractivity contribution is 7.99. The van der Waals surface area contributed by atoms with Gasteiger partial charge in [0.05, 0.1) is 0 Å². The van der Waals surface area contributed by atoms with Crippen LogP contribution in [0.3, 0.4) is 0 Å². The molecule has 0 saturated carbocycles. The third kappa shape index (κ3) is 2.87. The van der Waals surface area contributed by atoms with Gasteiger partial charge in [0.1, 0.15) is 16.0 Å². The highest BCUT2D eigenvalue weighted by Gasteiger charge is 2.03. The van der Waals surface area contributed by atoms with E-state index in [-0.39, 0.29) is 0 Å². The normalized spacial score (nSPS) is 10.3. The summed E-state index contributed by atoms with van der Waals surface area (Å²) >= 11 is 7.17. The number of aromatic nitrogens is 4. The van der Waals surface area contributed by atoms with Crippen molar-refractivity contribution in [1.29, 1.82) is 0 Å². The number of halogens is 1. The molecular formula is C9H7ClN4S. The van der Waals surface area contributed by atoms with Gasteiger partial charge in [-0.3, -0.25) is 0 Å². The Morgan fingerprint density at radius 3 is 2.60 bits per heavy atom. The van der Waals surface area contributed by atoms with Crippen LogP contribution in [0.25, 0.3) is 0 Å². The van der Waals surface area contributed by atoms with Crippen molar-refractivity contribution in [2.45, 2.75) is 17.1 Å². The first-order valence-corrected chi connectivity index (χ1v) is 5.39. The summed E-state index contributed by atoms with van der Waals surface area (Å²) < 4.78 is 0. The zero-order valence-electron chi connectivity index (χ0n) is 7.88. The van der Waals surface area contributed by atoms with Crippen LogP contribution >= 0.6 is 23.4 Å². The molecule has 0 radical (unpaired) electrons. The molecule has 0 aliphatic heterocycles. The van der Waals surface area contributed by atoms with Gasteiger partial charge < -0.3 is 0 Å². The SMILES string of the molecule is Cc1nc(Cl)cc(Sc2ncccn2)n1. The molecule has 0 aromatic carbocycles. The smallest absolute Gasteiger partial charge is 0.193 e. The van der Waals surface area contributed by atoms with Crippen LogP contribution in [0.1, 0.15) is 5.82 Å². The van der Waals surface area contributed by atoms with E-state index in [0.29, 0.717) is 16.1 Å². The van der Waals surface area contributed by atoms with E-state index in [2.05, 4.69) is 19.9 Å². The molecule has 2 aromatic rings. The summed E-state index contributed by atoms with van der Waals surface area (Å²) in [6.07, 6.45) is 3.37. The molecule has 0 N–H and O–H groups in total. The summed E-state index contributed by atoms with van der Waals surface area (Å²) in [7, 11) is 0. The van der Waals surface area contributed by atoms with E-state index in [1.807, 2.05) is 0 Å². The Bertz CT molecular complexity index is 443. The van der Waals surface area contributed by atoms with Gasteiger partial charge in [-0.25, -0.2) is 19.9 Å². The molecule has 6 heteroatoms. The van der Waals surface area contributed by atoms with Crippen LogP contribution in [0, 0.1) is 6.92 Å². The molecule has 76 valence electrons. The molecule has 2 heterocycles. The molecule has 4 nitrogen and oxygen atoms in total.